The maximum atomic E-state index is 13.2. The van der Waals surface area contributed by atoms with E-state index in [2.05, 4.69) is 10.6 Å². The summed E-state index contributed by atoms with van der Waals surface area (Å²) in [5, 5.41) is 6.71. The summed E-state index contributed by atoms with van der Waals surface area (Å²) in [5.41, 5.74) is 2.53. The summed E-state index contributed by atoms with van der Waals surface area (Å²) in [7, 11) is 3.19. The van der Waals surface area contributed by atoms with Gasteiger partial charge in [0, 0.05) is 23.2 Å². The second-order valence-corrected chi connectivity index (χ2v) is 8.83. The Morgan fingerprint density at radius 1 is 1.09 bits per heavy atom. The van der Waals surface area contributed by atoms with Gasteiger partial charge in [0.25, 0.3) is 5.91 Å². The number of benzene rings is 2. The molecule has 2 aromatic rings. The van der Waals surface area contributed by atoms with E-state index in [-0.39, 0.29) is 30.1 Å². The molecule has 0 spiro atoms. The van der Waals surface area contributed by atoms with Crippen LogP contribution in [0, 0.1) is 0 Å². The Bertz CT molecular complexity index is 994. The average Bonchev–Trinajstić information content (AvgIpc) is 2.80. The molecule has 0 aromatic heterocycles. The van der Waals surface area contributed by atoms with Gasteiger partial charge < -0.3 is 25.0 Å². The molecule has 8 heteroatoms. The van der Waals surface area contributed by atoms with Crippen LogP contribution in [-0.2, 0) is 6.42 Å². The van der Waals surface area contributed by atoms with E-state index in [4.69, 9.17) is 21.1 Å². The van der Waals surface area contributed by atoms with Crippen molar-refractivity contribution in [3.05, 3.63) is 58.1 Å². The number of urea groups is 1. The standard InChI is InChI=1S/C25H32ClN3O4/c1-6-20(28-24(30)16-7-9-18(26)10-8-16)23-19-14-22(33-5)21(32-4)13-17(19)11-12-29(23)25(31)27-15(2)3/h7-10,13-15,20,23H,6,11-12H2,1-5H3,(H,27,31)(H,28,30). The van der Waals surface area contributed by atoms with Crippen LogP contribution in [0.15, 0.2) is 36.4 Å². The molecule has 2 aromatic carbocycles. The summed E-state index contributed by atoms with van der Waals surface area (Å²) in [4.78, 5) is 28.0. The van der Waals surface area contributed by atoms with Crippen molar-refractivity contribution in [3.63, 3.8) is 0 Å². The number of ether oxygens (including phenoxy) is 2. The van der Waals surface area contributed by atoms with Gasteiger partial charge in [-0.25, -0.2) is 4.79 Å². The van der Waals surface area contributed by atoms with Crippen LogP contribution in [-0.4, -0.2) is 49.7 Å². The second-order valence-electron chi connectivity index (χ2n) is 8.39. The van der Waals surface area contributed by atoms with Gasteiger partial charge in [-0.1, -0.05) is 18.5 Å². The molecule has 1 heterocycles. The van der Waals surface area contributed by atoms with E-state index in [1.54, 1.807) is 38.5 Å². The topological polar surface area (TPSA) is 79.9 Å². The van der Waals surface area contributed by atoms with Gasteiger partial charge in [0.15, 0.2) is 11.5 Å². The van der Waals surface area contributed by atoms with E-state index in [9.17, 15) is 9.59 Å². The molecule has 178 valence electrons. The van der Waals surface area contributed by atoms with Crippen LogP contribution < -0.4 is 20.1 Å². The fourth-order valence-electron chi connectivity index (χ4n) is 4.23. The summed E-state index contributed by atoms with van der Waals surface area (Å²) >= 11 is 5.97. The molecular formula is C25H32ClN3O4. The fraction of sp³-hybridized carbons (Fsp3) is 0.440. The normalized spacial score (nSPS) is 16.1. The van der Waals surface area contributed by atoms with Gasteiger partial charge in [0.1, 0.15) is 0 Å². The summed E-state index contributed by atoms with van der Waals surface area (Å²) in [5.74, 6) is 1.02. The summed E-state index contributed by atoms with van der Waals surface area (Å²) in [6.45, 7) is 6.38. The van der Waals surface area contributed by atoms with Crippen molar-refractivity contribution >= 4 is 23.5 Å². The van der Waals surface area contributed by atoms with Gasteiger partial charge in [0.05, 0.1) is 26.3 Å². The largest absolute Gasteiger partial charge is 0.493 e. The Labute approximate surface area is 200 Å². The van der Waals surface area contributed by atoms with Gasteiger partial charge in [-0.3, -0.25) is 4.79 Å². The minimum absolute atomic E-state index is 0.00585. The molecule has 2 unspecified atom stereocenters. The third kappa shape index (κ3) is 5.53. The number of fused-ring (bicyclic) bond motifs is 1. The van der Waals surface area contributed by atoms with Crippen LogP contribution in [0.25, 0.3) is 0 Å². The van der Waals surface area contributed by atoms with Crippen LogP contribution >= 0.6 is 11.6 Å². The van der Waals surface area contributed by atoms with Gasteiger partial charge in [0.2, 0.25) is 0 Å². The molecule has 1 aliphatic heterocycles. The zero-order valence-electron chi connectivity index (χ0n) is 19.8. The molecule has 1 aliphatic rings. The Morgan fingerprint density at radius 2 is 1.73 bits per heavy atom. The molecule has 0 fully saturated rings. The maximum absolute atomic E-state index is 13.2. The van der Waals surface area contributed by atoms with Gasteiger partial charge in [-0.05, 0) is 74.2 Å². The van der Waals surface area contributed by atoms with Gasteiger partial charge >= 0.3 is 6.03 Å². The minimum Gasteiger partial charge on any atom is -0.493 e. The lowest BCUT2D eigenvalue weighted by molar-refractivity contribution is 0.0887. The third-order valence-corrected chi connectivity index (χ3v) is 6.09. The SMILES string of the molecule is CCC(NC(=O)c1ccc(Cl)cc1)C1c2cc(OC)c(OC)cc2CCN1C(=O)NC(C)C. The zero-order valence-corrected chi connectivity index (χ0v) is 20.5. The lowest BCUT2D eigenvalue weighted by Gasteiger charge is -2.42. The molecule has 2 N–H and O–H groups in total. The van der Waals surface area contributed by atoms with Crippen LogP contribution in [0.3, 0.4) is 0 Å². The predicted octanol–water partition coefficient (Wildman–Crippen LogP) is 4.58. The van der Waals surface area contributed by atoms with Crippen LogP contribution in [0.4, 0.5) is 4.79 Å². The number of nitrogens with one attached hydrogen (secondary N) is 2. The third-order valence-electron chi connectivity index (χ3n) is 5.84. The molecule has 0 radical (unpaired) electrons. The monoisotopic (exact) mass is 473 g/mol. The molecule has 0 saturated carbocycles. The van der Waals surface area contributed by atoms with Crippen molar-refractivity contribution in [1.29, 1.82) is 0 Å². The van der Waals surface area contributed by atoms with E-state index in [1.807, 2.05) is 37.8 Å². The molecule has 3 amide bonds. The first-order chi connectivity index (χ1) is 15.8. The number of halogens is 1. The Morgan fingerprint density at radius 3 is 2.30 bits per heavy atom. The van der Waals surface area contributed by atoms with Crippen molar-refractivity contribution in [2.75, 3.05) is 20.8 Å². The number of amides is 3. The highest BCUT2D eigenvalue weighted by molar-refractivity contribution is 6.30. The number of carbonyl (C=O) groups is 2. The number of rotatable bonds is 7. The number of methoxy groups -OCH3 is 2. The molecule has 33 heavy (non-hydrogen) atoms. The van der Waals surface area contributed by atoms with Crippen molar-refractivity contribution in [2.24, 2.45) is 0 Å². The van der Waals surface area contributed by atoms with E-state index < -0.39 is 0 Å². The number of hydrogen-bond donors (Lipinski definition) is 2. The quantitative estimate of drug-likeness (QED) is 0.616. The molecular weight excluding hydrogens is 442 g/mol. The smallest absolute Gasteiger partial charge is 0.318 e. The Balaban J connectivity index is 2.02. The summed E-state index contributed by atoms with van der Waals surface area (Å²) in [6.07, 6.45) is 1.31. The van der Waals surface area contributed by atoms with Crippen molar-refractivity contribution < 1.29 is 19.1 Å². The van der Waals surface area contributed by atoms with E-state index in [0.29, 0.717) is 41.5 Å². The Hall–Kier alpha value is -2.93. The highest BCUT2D eigenvalue weighted by atomic mass is 35.5. The number of carbonyl (C=O) groups excluding carboxylic acids is 2. The lowest BCUT2D eigenvalue weighted by Crippen LogP contribution is -2.54. The molecule has 7 nitrogen and oxygen atoms in total. The van der Waals surface area contributed by atoms with E-state index in [0.717, 1.165) is 11.1 Å². The fourth-order valence-corrected chi connectivity index (χ4v) is 4.35. The molecule has 0 bridgehead atoms. The molecule has 3 rings (SSSR count). The number of hydrogen-bond acceptors (Lipinski definition) is 4. The molecule has 0 aliphatic carbocycles. The first-order valence-electron chi connectivity index (χ1n) is 11.2. The van der Waals surface area contributed by atoms with Crippen LogP contribution in [0.2, 0.25) is 5.02 Å². The minimum atomic E-state index is -0.367. The average molecular weight is 474 g/mol. The van der Waals surface area contributed by atoms with Crippen molar-refractivity contribution in [2.45, 2.75) is 51.7 Å². The predicted molar refractivity (Wildman–Crippen MR) is 129 cm³/mol. The second kappa shape index (κ2) is 10.8. The number of nitrogens with zero attached hydrogens (tertiary/aromatic N) is 1. The van der Waals surface area contributed by atoms with E-state index in [1.165, 1.54) is 0 Å². The molecule has 0 saturated heterocycles. The first-order valence-corrected chi connectivity index (χ1v) is 11.5. The lowest BCUT2D eigenvalue weighted by atomic mass is 9.86. The van der Waals surface area contributed by atoms with Gasteiger partial charge in [-0.2, -0.15) is 0 Å². The van der Waals surface area contributed by atoms with Gasteiger partial charge in [-0.15, -0.1) is 0 Å². The highest BCUT2D eigenvalue weighted by Crippen LogP contribution is 2.40. The van der Waals surface area contributed by atoms with Crippen molar-refractivity contribution in [1.82, 2.24) is 15.5 Å². The van der Waals surface area contributed by atoms with Crippen molar-refractivity contribution in [3.8, 4) is 11.5 Å². The zero-order chi connectivity index (χ0) is 24.1. The first kappa shape index (κ1) is 24.7. The summed E-state index contributed by atoms with van der Waals surface area (Å²) in [6, 6.07) is 9.80. The van der Waals surface area contributed by atoms with Crippen LogP contribution in [0.1, 0.15) is 54.7 Å². The Kier molecular flexibility index (Phi) is 8.08. The summed E-state index contributed by atoms with van der Waals surface area (Å²) < 4.78 is 11.0. The van der Waals surface area contributed by atoms with E-state index >= 15 is 0 Å². The molecule has 2 atom stereocenters. The highest BCUT2D eigenvalue weighted by Gasteiger charge is 2.37. The maximum Gasteiger partial charge on any atom is 0.318 e. The van der Waals surface area contributed by atoms with Crippen LogP contribution in [0.5, 0.6) is 11.5 Å².